The second kappa shape index (κ2) is 5.21. The molecule has 0 heterocycles. The van der Waals surface area contributed by atoms with E-state index in [9.17, 15) is 0 Å². The lowest BCUT2D eigenvalue weighted by atomic mass is 10.0. The van der Waals surface area contributed by atoms with E-state index in [4.69, 9.17) is 0 Å². The van der Waals surface area contributed by atoms with Crippen LogP contribution in [0, 0.1) is 41.7 Å². The van der Waals surface area contributed by atoms with Crippen molar-refractivity contribution in [2.75, 3.05) is 0 Å². The molecule has 24 heavy (non-hydrogen) atoms. The lowest BCUT2D eigenvalue weighted by Crippen LogP contribution is -1.88. The highest BCUT2D eigenvalue weighted by molar-refractivity contribution is 5.29. The summed E-state index contributed by atoms with van der Waals surface area (Å²) in [5.74, 6) is 0. The number of rotatable bonds is 0. The van der Waals surface area contributed by atoms with Crippen molar-refractivity contribution in [3.05, 3.63) is 139 Å². The third-order valence-electron chi connectivity index (χ3n) is 4.87. The van der Waals surface area contributed by atoms with Gasteiger partial charge in [0.1, 0.15) is 0 Å². The van der Waals surface area contributed by atoms with Gasteiger partial charge >= 0.3 is 0 Å². The van der Waals surface area contributed by atoms with Crippen molar-refractivity contribution in [3.8, 4) is 0 Å². The van der Waals surface area contributed by atoms with E-state index in [0.717, 1.165) is 0 Å². The first kappa shape index (κ1) is 13.3. The second-order valence-corrected chi connectivity index (χ2v) is 6.18. The van der Waals surface area contributed by atoms with Crippen LogP contribution in [0.25, 0.3) is 0 Å². The molecule has 0 amide bonds. The summed E-state index contributed by atoms with van der Waals surface area (Å²) >= 11 is 0. The van der Waals surface area contributed by atoms with E-state index >= 15 is 0 Å². The number of hydrogen-bond donors (Lipinski definition) is 0. The van der Waals surface area contributed by atoms with Crippen LogP contribution in [0.2, 0.25) is 0 Å². The maximum Gasteiger partial charge on any atom is -0.00990 e. The molecule has 0 aromatic heterocycles. The first-order valence-corrected chi connectivity index (χ1v) is 8.31. The molecule has 112 valence electrons. The molecule has 0 N–H and O–H groups in total. The molecule has 4 aromatic rings. The Bertz CT molecular complexity index is 1060. The van der Waals surface area contributed by atoms with E-state index < -0.39 is 0 Å². The zero-order valence-electron chi connectivity index (χ0n) is 13.2. The normalized spacial score (nSPS) is 11.3. The zero-order chi connectivity index (χ0) is 15.9. The molecule has 0 saturated heterocycles. The molecule has 0 aliphatic heterocycles. The molecule has 0 heteroatoms. The van der Waals surface area contributed by atoms with Gasteiger partial charge in [-0.15, -0.1) is 0 Å². The Morgan fingerprint density at radius 1 is 0.208 bits per heavy atom. The predicted octanol–water partition coefficient (Wildman–Crippen LogP) is 5.15. The van der Waals surface area contributed by atoms with Crippen molar-refractivity contribution in [1.82, 2.24) is 0 Å². The predicted molar refractivity (Wildman–Crippen MR) is 96.5 cm³/mol. The molecule has 0 spiro atoms. The van der Waals surface area contributed by atoms with Crippen molar-refractivity contribution in [1.29, 1.82) is 0 Å². The Labute approximate surface area is 139 Å². The Balaban J connectivity index is 0.000000109. The highest BCUT2D eigenvalue weighted by Crippen LogP contribution is 2.12. The van der Waals surface area contributed by atoms with Gasteiger partial charge in [-0.25, -0.2) is 0 Å². The average Bonchev–Trinajstić information content (AvgIpc) is 2.64. The summed E-state index contributed by atoms with van der Waals surface area (Å²) < 4.78 is 0. The molecule has 2 aliphatic carbocycles. The van der Waals surface area contributed by atoms with Crippen molar-refractivity contribution >= 4 is 0 Å². The molecular formula is C24H16. The maximum absolute atomic E-state index is 2.18. The fraction of sp³-hybridized carbons (Fsp3) is 0. The first-order chi connectivity index (χ1) is 11.9. The van der Waals surface area contributed by atoms with Crippen LogP contribution in [-0.4, -0.2) is 0 Å². The van der Waals surface area contributed by atoms with Gasteiger partial charge in [0.2, 0.25) is 0 Å². The van der Waals surface area contributed by atoms with Crippen LogP contribution in [0.5, 0.6) is 0 Å². The van der Waals surface area contributed by atoms with Crippen molar-refractivity contribution in [2.24, 2.45) is 0 Å². The van der Waals surface area contributed by atoms with Crippen molar-refractivity contribution < 1.29 is 0 Å². The minimum atomic E-state index is 1.40. The van der Waals surface area contributed by atoms with Gasteiger partial charge in [-0.05, 0) is 41.7 Å². The van der Waals surface area contributed by atoms with E-state index in [0.29, 0.717) is 0 Å². The van der Waals surface area contributed by atoms with Gasteiger partial charge in [-0.1, -0.05) is 97.1 Å². The van der Waals surface area contributed by atoms with E-state index in [1.165, 1.54) is 41.7 Å². The highest BCUT2D eigenvalue weighted by atomic mass is 14.0. The van der Waals surface area contributed by atoms with Gasteiger partial charge < -0.3 is 0 Å². The van der Waals surface area contributed by atoms with Gasteiger partial charge in [0.15, 0.2) is 0 Å². The van der Waals surface area contributed by atoms with Crippen molar-refractivity contribution in [3.63, 3.8) is 0 Å². The smallest absolute Gasteiger partial charge is 0.00990 e. The third-order valence-corrected chi connectivity index (χ3v) is 4.87. The molecule has 4 aromatic carbocycles. The fourth-order valence-electron chi connectivity index (χ4n) is 3.69. The monoisotopic (exact) mass is 304 g/mol. The number of benzene rings is 4. The molecule has 0 radical (unpaired) electrons. The van der Waals surface area contributed by atoms with Crippen LogP contribution in [0.15, 0.2) is 97.1 Å². The minimum Gasteiger partial charge on any atom is -0.0616 e. The fourth-order valence-corrected chi connectivity index (χ4v) is 3.69. The van der Waals surface area contributed by atoms with E-state index in [1.807, 2.05) is 0 Å². The van der Waals surface area contributed by atoms with Crippen LogP contribution >= 0.6 is 0 Å². The van der Waals surface area contributed by atoms with Gasteiger partial charge in [0, 0.05) is 0 Å². The summed E-state index contributed by atoms with van der Waals surface area (Å²) in [6, 6.07) is 34.2. The van der Waals surface area contributed by atoms with Gasteiger partial charge in [0.05, 0.1) is 0 Å². The molecule has 0 nitrogen and oxygen atoms in total. The van der Waals surface area contributed by atoms with Gasteiger partial charge in [-0.3, -0.25) is 0 Å². The Kier molecular flexibility index (Phi) is 2.89. The van der Waals surface area contributed by atoms with E-state index in [-0.39, 0.29) is 0 Å². The lowest BCUT2D eigenvalue weighted by molar-refractivity contribution is 1.29. The first-order valence-electron chi connectivity index (χ1n) is 8.31. The Hall–Kier alpha value is -3.12. The SMILES string of the molecule is c1ccc2c(c1)=c1ccccc1=2.c1ccc2c(c1)=c1ccccc1=2. The summed E-state index contributed by atoms with van der Waals surface area (Å²) in [6.07, 6.45) is 0. The quantitative estimate of drug-likeness (QED) is 0.364. The van der Waals surface area contributed by atoms with E-state index in [1.54, 1.807) is 0 Å². The van der Waals surface area contributed by atoms with Crippen LogP contribution < -0.4 is 0 Å². The minimum absolute atomic E-state index is 1.40. The van der Waals surface area contributed by atoms with Crippen LogP contribution in [0.4, 0.5) is 0 Å². The maximum atomic E-state index is 2.18. The summed E-state index contributed by atoms with van der Waals surface area (Å²) in [5.41, 5.74) is 0. The summed E-state index contributed by atoms with van der Waals surface area (Å²) in [6.45, 7) is 0. The molecule has 0 bridgehead atoms. The summed E-state index contributed by atoms with van der Waals surface area (Å²) in [7, 11) is 0. The molecule has 6 rings (SSSR count). The summed E-state index contributed by atoms with van der Waals surface area (Å²) in [5, 5.41) is 11.2. The highest BCUT2D eigenvalue weighted by Gasteiger charge is 1.98. The number of fused-ring (bicyclic) bond motifs is 4. The largest absolute Gasteiger partial charge is 0.0616 e. The zero-order valence-corrected chi connectivity index (χ0v) is 13.2. The third kappa shape index (κ3) is 1.87. The molecule has 0 unspecified atom stereocenters. The average molecular weight is 304 g/mol. The lowest BCUT2D eigenvalue weighted by Gasteiger charge is -2.02. The molecule has 0 atom stereocenters. The number of hydrogen-bond acceptors (Lipinski definition) is 0. The standard InChI is InChI=1S/2C12H8/c2*1-2-6-10-9(5-1)11-7-3-4-8-12(10)11/h2*1-8H. The summed E-state index contributed by atoms with van der Waals surface area (Å²) in [4.78, 5) is 0. The van der Waals surface area contributed by atoms with Crippen LogP contribution in [-0.2, 0) is 0 Å². The van der Waals surface area contributed by atoms with E-state index in [2.05, 4.69) is 97.1 Å². The Morgan fingerprint density at radius 2 is 0.333 bits per heavy atom. The van der Waals surface area contributed by atoms with Crippen LogP contribution in [0.3, 0.4) is 0 Å². The Morgan fingerprint density at radius 3 is 0.458 bits per heavy atom. The molecule has 0 fully saturated rings. The van der Waals surface area contributed by atoms with Crippen molar-refractivity contribution in [2.45, 2.75) is 0 Å². The van der Waals surface area contributed by atoms with Gasteiger partial charge in [-0.2, -0.15) is 0 Å². The molecule has 2 aliphatic rings. The molecule has 0 saturated carbocycles. The second-order valence-electron chi connectivity index (χ2n) is 6.18. The van der Waals surface area contributed by atoms with Gasteiger partial charge in [0.25, 0.3) is 0 Å². The molecular weight excluding hydrogens is 288 g/mol. The topological polar surface area (TPSA) is 0 Å². The van der Waals surface area contributed by atoms with Crippen LogP contribution in [0.1, 0.15) is 0 Å².